The number of halogens is 2. The number of imidazole rings is 1. The van der Waals surface area contributed by atoms with Gasteiger partial charge < -0.3 is 14.4 Å². The van der Waals surface area contributed by atoms with E-state index >= 15 is 0 Å². The first-order chi connectivity index (χ1) is 18.9. The summed E-state index contributed by atoms with van der Waals surface area (Å²) in [5, 5.41) is 12.1. The third-order valence-electron chi connectivity index (χ3n) is 7.41. The SMILES string of the molecule is CC(=O)N1CCN(Cc2ccc(-c3cnc4ccn5c(CO)c(-c6c(Cl)cccc6Cl)nc5c4c3)cc2)CC1. The summed E-state index contributed by atoms with van der Waals surface area (Å²) >= 11 is 13.0. The van der Waals surface area contributed by atoms with Crippen LogP contribution < -0.4 is 0 Å². The van der Waals surface area contributed by atoms with Crippen LogP contribution >= 0.6 is 23.2 Å². The molecule has 1 saturated heterocycles. The van der Waals surface area contributed by atoms with Crippen molar-refractivity contribution in [1.29, 1.82) is 0 Å². The van der Waals surface area contributed by atoms with E-state index in [2.05, 4.69) is 35.2 Å². The number of carbonyl (C=O) groups excluding carboxylic acids is 1. The van der Waals surface area contributed by atoms with Crippen LogP contribution in [0.4, 0.5) is 0 Å². The van der Waals surface area contributed by atoms with Crippen molar-refractivity contribution in [3.05, 3.63) is 88.3 Å². The molecule has 6 rings (SSSR count). The predicted octanol–water partition coefficient (Wildman–Crippen LogP) is 5.68. The number of aliphatic hydroxyl groups is 1. The monoisotopic (exact) mass is 559 g/mol. The molecule has 0 spiro atoms. The van der Waals surface area contributed by atoms with Gasteiger partial charge in [0, 0.05) is 68.6 Å². The van der Waals surface area contributed by atoms with Gasteiger partial charge in [0.1, 0.15) is 5.65 Å². The predicted molar refractivity (Wildman–Crippen MR) is 155 cm³/mol. The van der Waals surface area contributed by atoms with Gasteiger partial charge in [0.05, 0.1) is 33.6 Å². The van der Waals surface area contributed by atoms with Crippen LogP contribution in [0, 0.1) is 0 Å². The standard InChI is InChI=1S/C30H27Cl2N5O2/c1-19(39)36-13-11-35(12-14-36)17-20-5-7-21(8-6-20)22-15-23-26(33-16-22)9-10-37-27(18-38)29(34-30(23)37)28-24(31)3-2-4-25(28)32/h2-10,15-16,38H,11-14,17-18H2,1H3. The number of hydrogen-bond donors (Lipinski definition) is 1. The van der Waals surface area contributed by atoms with Crippen molar-refractivity contribution in [2.45, 2.75) is 20.1 Å². The second kappa shape index (κ2) is 10.6. The molecule has 0 radical (unpaired) electrons. The second-order valence-electron chi connectivity index (χ2n) is 9.81. The van der Waals surface area contributed by atoms with E-state index in [-0.39, 0.29) is 12.5 Å². The molecule has 1 amide bonds. The summed E-state index contributed by atoms with van der Waals surface area (Å²) in [4.78, 5) is 25.5. The van der Waals surface area contributed by atoms with E-state index in [1.54, 1.807) is 25.1 Å². The lowest BCUT2D eigenvalue weighted by molar-refractivity contribution is -0.130. The minimum atomic E-state index is -0.220. The number of pyridine rings is 2. The van der Waals surface area contributed by atoms with Gasteiger partial charge in [0.25, 0.3) is 0 Å². The van der Waals surface area contributed by atoms with E-state index in [1.165, 1.54) is 5.56 Å². The molecule has 7 nitrogen and oxygen atoms in total. The molecule has 0 bridgehead atoms. The Labute approximate surface area is 236 Å². The van der Waals surface area contributed by atoms with Crippen LogP contribution in [-0.2, 0) is 17.9 Å². The van der Waals surface area contributed by atoms with E-state index in [9.17, 15) is 9.90 Å². The largest absolute Gasteiger partial charge is 0.390 e. The number of hydrogen-bond acceptors (Lipinski definition) is 5. The smallest absolute Gasteiger partial charge is 0.219 e. The molecule has 1 aliphatic rings. The third-order valence-corrected chi connectivity index (χ3v) is 8.04. The van der Waals surface area contributed by atoms with Gasteiger partial charge in [0.2, 0.25) is 5.91 Å². The van der Waals surface area contributed by atoms with Gasteiger partial charge in [-0.05, 0) is 35.4 Å². The molecule has 0 atom stereocenters. The van der Waals surface area contributed by atoms with E-state index in [0.717, 1.165) is 54.8 Å². The third kappa shape index (κ3) is 4.87. The average Bonchev–Trinajstić information content (AvgIpc) is 3.32. The van der Waals surface area contributed by atoms with Crippen molar-refractivity contribution in [2.24, 2.45) is 0 Å². The van der Waals surface area contributed by atoms with Crippen LogP contribution in [0.2, 0.25) is 10.0 Å². The summed E-state index contributed by atoms with van der Waals surface area (Å²) in [6, 6.07) is 17.8. The van der Waals surface area contributed by atoms with Gasteiger partial charge >= 0.3 is 0 Å². The molecule has 0 aliphatic carbocycles. The Kier molecular flexibility index (Phi) is 6.99. The molecular weight excluding hydrogens is 533 g/mol. The Bertz CT molecular complexity index is 1670. The lowest BCUT2D eigenvalue weighted by Crippen LogP contribution is -2.47. The fourth-order valence-corrected chi connectivity index (χ4v) is 5.84. The Hall–Kier alpha value is -3.49. The van der Waals surface area contributed by atoms with Crippen molar-refractivity contribution in [3.8, 4) is 22.4 Å². The Morgan fingerprint density at radius 3 is 2.36 bits per heavy atom. The van der Waals surface area contributed by atoms with Gasteiger partial charge in [-0.3, -0.25) is 14.7 Å². The van der Waals surface area contributed by atoms with Crippen LogP contribution in [0.1, 0.15) is 18.2 Å². The first kappa shape index (κ1) is 25.8. The molecule has 0 saturated carbocycles. The molecule has 0 unspecified atom stereocenters. The maximum atomic E-state index is 11.6. The molecule has 1 aliphatic heterocycles. The summed E-state index contributed by atoms with van der Waals surface area (Å²) < 4.78 is 1.87. The van der Waals surface area contributed by atoms with E-state index in [1.807, 2.05) is 27.8 Å². The first-order valence-corrected chi connectivity index (χ1v) is 13.6. The van der Waals surface area contributed by atoms with Crippen molar-refractivity contribution in [3.63, 3.8) is 0 Å². The molecule has 198 valence electrons. The number of fused-ring (bicyclic) bond motifs is 3. The molecule has 4 heterocycles. The highest BCUT2D eigenvalue weighted by Gasteiger charge is 2.21. The Balaban J connectivity index is 1.32. The van der Waals surface area contributed by atoms with Crippen LogP contribution in [0.5, 0.6) is 0 Å². The number of aliphatic hydroxyl groups excluding tert-OH is 1. The number of nitrogens with zero attached hydrogens (tertiary/aromatic N) is 5. The van der Waals surface area contributed by atoms with Gasteiger partial charge in [-0.25, -0.2) is 4.98 Å². The van der Waals surface area contributed by atoms with Crippen LogP contribution in [0.15, 0.2) is 67.0 Å². The fourth-order valence-electron chi connectivity index (χ4n) is 5.26. The Morgan fingerprint density at radius 1 is 0.974 bits per heavy atom. The lowest BCUT2D eigenvalue weighted by Gasteiger charge is -2.34. The molecule has 3 aromatic heterocycles. The van der Waals surface area contributed by atoms with Gasteiger partial charge in [-0.2, -0.15) is 0 Å². The molecule has 1 fully saturated rings. The zero-order chi connectivity index (χ0) is 27.1. The number of carbonyl (C=O) groups is 1. The number of benzene rings is 2. The van der Waals surface area contributed by atoms with Crippen molar-refractivity contribution >= 4 is 45.7 Å². The summed E-state index contributed by atoms with van der Waals surface area (Å²) in [7, 11) is 0. The number of aromatic nitrogens is 3. The number of amides is 1. The van der Waals surface area contributed by atoms with Crippen LogP contribution in [0.25, 0.3) is 38.9 Å². The maximum Gasteiger partial charge on any atom is 0.219 e. The van der Waals surface area contributed by atoms with Crippen LogP contribution in [0.3, 0.4) is 0 Å². The van der Waals surface area contributed by atoms with Gasteiger partial charge in [0.15, 0.2) is 0 Å². The van der Waals surface area contributed by atoms with Gasteiger partial charge in [-0.15, -0.1) is 0 Å². The summed E-state index contributed by atoms with van der Waals surface area (Å²) in [6.07, 6.45) is 3.73. The van der Waals surface area contributed by atoms with Crippen molar-refractivity contribution in [2.75, 3.05) is 26.2 Å². The second-order valence-corrected chi connectivity index (χ2v) is 10.6. The summed E-state index contributed by atoms with van der Waals surface area (Å²) in [6.45, 7) is 5.59. The normalized spacial score (nSPS) is 14.4. The van der Waals surface area contributed by atoms with Crippen LogP contribution in [-0.4, -0.2) is 61.4 Å². The minimum absolute atomic E-state index is 0.145. The topological polar surface area (TPSA) is 74.0 Å². The minimum Gasteiger partial charge on any atom is -0.390 e. The highest BCUT2D eigenvalue weighted by atomic mass is 35.5. The zero-order valence-electron chi connectivity index (χ0n) is 21.4. The highest BCUT2D eigenvalue weighted by molar-refractivity contribution is 6.39. The van der Waals surface area contributed by atoms with E-state index < -0.39 is 0 Å². The van der Waals surface area contributed by atoms with Crippen molar-refractivity contribution < 1.29 is 9.90 Å². The Morgan fingerprint density at radius 2 is 1.69 bits per heavy atom. The molecular formula is C30H27Cl2N5O2. The molecule has 9 heteroatoms. The maximum absolute atomic E-state index is 11.6. The molecule has 2 aromatic carbocycles. The molecule has 5 aromatic rings. The van der Waals surface area contributed by atoms with E-state index in [4.69, 9.17) is 33.2 Å². The zero-order valence-corrected chi connectivity index (χ0v) is 23.0. The van der Waals surface area contributed by atoms with E-state index in [0.29, 0.717) is 32.6 Å². The number of rotatable bonds is 5. The summed E-state index contributed by atoms with van der Waals surface area (Å²) in [5.41, 5.74) is 6.51. The van der Waals surface area contributed by atoms with Crippen molar-refractivity contribution in [1.82, 2.24) is 24.2 Å². The highest BCUT2D eigenvalue weighted by Crippen LogP contribution is 2.37. The number of piperazine rings is 1. The molecule has 1 N–H and O–H groups in total. The molecule has 39 heavy (non-hydrogen) atoms. The average molecular weight is 560 g/mol. The quantitative estimate of drug-likeness (QED) is 0.300. The summed E-state index contributed by atoms with van der Waals surface area (Å²) in [5.74, 6) is 0.145. The first-order valence-electron chi connectivity index (χ1n) is 12.8. The fraction of sp³-hybridized carbons (Fsp3) is 0.233. The van der Waals surface area contributed by atoms with Gasteiger partial charge in [-0.1, -0.05) is 53.5 Å². The lowest BCUT2D eigenvalue weighted by atomic mass is 10.0.